The Hall–Kier alpha value is -17.6. The molecule has 0 atom stereocenters. The molecule has 24 aromatic carbocycles. The number of aryl methyl sites for hydroxylation is 12. The molecule has 4 nitrogen and oxygen atoms in total. The highest BCUT2D eigenvalue weighted by molar-refractivity contribution is 6.30. The first-order chi connectivity index (χ1) is 72.1. The third-order valence-electron chi connectivity index (χ3n) is 29.7. The first kappa shape index (κ1) is 94.0. The van der Waals surface area contributed by atoms with Crippen LogP contribution in [0.15, 0.2) is 449 Å². The van der Waals surface area contributed by atoms with Crippen LogP contribution in [0.4, 0.5) is 77.0 Å². The molecule has 0 amide bonds. The molecule has 24 rings (SSSR count). The van der Waals surface area contributed by atoms with Crippen molar-refractivity contribution in [2.75, 3.05) is 19.6 Å². The summed E-state index contributed by atoms with van der Waals surface area (Å²) in [6.45, 7) is 25.6. The monoisotopic (exact) mass is 1910 g/mol. The summed E-state index contributed by atoms with van der Waals surface area (Å²) in [5.74, 6) is -0.630. The predicted octanol–water partition coefficient (Wildman–Crippen LogP) is 40.9. The van der Waals surface area contributed by atoms with Crippen LogP contribution in [0.2, 0.25) is 0 Å². The molecule has 0 saturated heterocycles. The smallest absolute Gasteiger partial charge is 0.147 e. The van der Waals surface area contributed by atoms with Crippen molar-refractivity contribution in [1.82, 2.24) is 0 Å². The SMILES string of the molecule is CCc1ccc(N(c2cc(-c3cccc(C)c3)cc(-c3cccc(C)c3)c2)c2ccc3ccc4c(N(c5ccc(CC)cc5)c5cc(-c6cccc(C)c6)cc(-c6cccc(C)c6)c5)ccc5ccc2c3c54)cc1.Cc1cccc(-c2cc(-c3cccc(C)c3)cc(N(c3c(C)cccc3F)c3ccc4ccc5c(N(c6cc(-c7cccc(C)c7)cc(-c7cccc(C)c7)c6)c6c(C)cccc6F)ccc6ccc3c4c65)c2)c1. The summed E-state index contributed by atoms with van der Waals surface area (Å²) in [7, 11) is 0. The van der Waals surface area contributed by atoms with Gasteiger partial charge in [0.1, 0.15) is 11.6 Å². The van der Waals surface area contributed by atoms with Crippen LogP contribution in [0.25, 0.3) is 154 Å². The maximum absolute atomic E-state index is 17.0. The zero-order valence-electron chi connectivity index (χ0n) is 85.7. The van der Waals surface area contributed by atoms with Crippen molar-refractivity contribution in [3.63, 3.8) is 0 Å². The molecule has 0 aliphatic heterocycles. The Labute approximate surface area is 867 Å². The van der Waals surface area contributed by atoms with E-state index < -0.39 is 0 Å². The second-order valence-corrected chi connectivity index (χ2v) is 40.4. The van der Waals surface area contributed by atoms with Gasteiger partial charge in [-0.1, -0.05) is 374 Å². The number of anilines is 12. The van der Waals surface area contributed by atoms with Gasteiger partial charge in [-0.3, -0.25) is 0 Å². The fourth-order valence-corrected chi connectivity index (χ4v) is 22.4. The van der Waals surface area contributed by atoms with Gasteiger partial charge in [0.15, 0.2) is 0 Å². The summed E-state index contributed by atoms with van der Waals surface area (Å²) in [5, 5.41) is 13.5. The number of hydrogen-bond acceptors (Lipinski definition) is 4. The van der Waals surface area contributed by atoms with Crippen LogP contribution in [0.1, 0.15) is 80.6 Å². The molecule has 0 heterocycles. The van der Waals surface area contributed by atoms with Crippen molar-refractivity contribution >= 4 is 133 Å². The van der Waals surface area contributed by atoms with Crippen molar-refractivity contribution < 1.29 is 8.78 Å². The van der Waals surface area contributed by atoms with Gasteiger partial charge in [0, 0.05) is 55.7 Å². The summed E-state index contributed by atoms with van der Waals surface area (Å²) < 4.78 is 34.0. The van der Waals surface area contributed by atoms with Crippen LogP contribution in [0.3, 0.4) is 0 Å². The molecule has 0 N–H and O–H groups in total. The first-order valence-electron chi connectivity index (χ1n) is 51.6. The fraction of sp³-hybridized carbons (Fsp3) is 0.0986. The number of rotatable bonds is 22. The van der Waals surface area contributed by atoms with Crippen LogP contribution >= 0.6 is 0 Å². The van der Waals surface area contributed by atoms with E-state index in [4.69, 9.17) is 0 Å². The summed E-state index contributed by atoms with van der Waals surface area (Å²) in [6, 6.07) is 162. The van der Waals surface area contributed by atoms with Crippen LogP contribution in [-0.4, -0.2) is 0 Å². The van der Waals surface area contributed by atoms with Crippen molar-refractivity contribution in [2.24, 2.45) is 0 Å². The zero-order valence-corrected chi connectivity index (χ0v) is 85.7. The highest BCUT2D eigenvalue weighted by atomic mass is 19.1. The average molecular weight is 1910 g/mol. The van der Waals surface area contributed by atoms with Gasteiger partial charge in [0.2, 0.25) is 0 Å². The van der Waals surface area contributed by atoms with E-state index in [1.807, 2.05) is 26.0 Å². The summed E-state index contributed by atoms with van der Waals surface area (Å²) in [6.07, 6.45) is 1.95. The summed E-state index contributed by atoms with van der Waals surface area (Å²) in [4.78, 5) is 9.23. The molecule has 0 spiro atoms. The summed E-state index contributed by atoms with van der Waals surface area (Å²) in [5.41, 5.74) is 42.9. The molecule has 0 bridgehead atoms. The minimum Gasteiger partial charge on any atom is -0.310 e. The topological polar surface area (TPSA) is 13.0 Å². The van der Waals surface area contributed by atoms with Crippen LogP contribution in [0.5, 0.6) is 0 Å². The van der Waals surface area contributed by atoms with E-state index in [1.54, 1.807) is 24.3 Å². The van der Waals surface area contributed by atoms with Gasteiger partial charge in [-0.25, -0.2) is 8.78 Å². The van der Waals surface area contributed by atoms with E-state index in [-0.39, 0.29) is 11.6 Å². The number of hydrogen-bond donors (Lipinski definition) is 0. The average Bonchev–Trinajstić information content (AvgIpc) is 0.716. The van der Waals surface area contributed by atoms with E-state index in [1.165, 1.54) is 110 Å². The largest absolute Gasteiger partial charge is 0.310 e. The molecule has 0 radical (unpaired) electrons. The highest BCUT2D eigenvalue weighted by Crippen LogP contribution is 2.55. The lowest BCUT2D eigenvalue weighted by molar-refractivity contribution is 0.627. The molecular formula is C142H114F2N4. The number of halogens is 2. The Morgan fingerprint density at radius 1 is 0.169 bits per heavy atom. The maximum atomic E-state index is 17.0. The Morgan fingerprint density at radius 2 is 0.365 bits per heavy atom. The number of nitrogens with zero attached hydrogens (tertiary/aromatic N) is 4. The van der Waals surface area contributed by atoms with Gasteiger partial charge >= 0.3 is 0 Å². The molecular weight excluding hydrogens is 1800 g/mol. The van der Waals surface area contributed by atoms with E-state index in [9.17, 15) is 0 Å². The van der Waals surface area contributed by atoms with Gasteiger partial charge in [0.25, 0.3) is 0 Å². The van der Waals surface area contributed by atoms with Crippen molar-refractivity contribution in [1.29, 1.82) is 0 Å². The van der Waals surface area contributed by atoms with Crippen molar-refractivity contribution in [3.8, 4) is 89.0 Å². The minimum atomic E-state index is -0.315. The lowest BCUT2D eigenvalue weighted by Crippen LogP contribution is -2.15. The lowest BCUT2D eigenvalue weighted by Gasteiger charge is -2.31. The lowest BCUT2D eigenvalue weighted by atomic mass is 9.91. The van der Waals surface area contributed by atoms with Crippen molar-refractivity contribution in [3.05, 3.63) is 527 Å². The second kappa shape index (κ2) is 39.5. The third-order valence-corrected chi connectivity index (χ3v) is 29.7. The van der Waals surface area contributed by atoms with Gasteiger partial charge in [0.05, 0.1) is 34.1 Å². The zero-order chi connectivity index (χ0) is 101. The molecule has 148 heavy (non-hydrogen) atoms. The molecule has 0 aliphatic rings. The third kappa shape index (κ3) is 18.2. The van der Waals surface area contributed by atoms with E-state index >= 15 is 8.78 Å². The Balaban J connectivity index is 0.000000163. The highest BCUT2D eigenvalue weighted by Gasteiger charge is 2.31. The minimum absolute atomic E-state index is 0.315. The van der Waals surface area contributed by atoms with E-state index in [2.05, 4.69) is 501 Å². The van der Waals surface area contributed by atoms with Crippen LogP contribution in [0, 0.1) is 80.9 Å². The van der Waals surface area contributed by atoms with Gasteiger partial charge in [-0.05, 0) is 370 Å². The molecule has 0 fully saturated rings. The fourth-order valence-electron chi connectivity index (χ4n) is 22.4. The quantitative estimate of drug-likeness (QED) is 0.0627. The van der Waals surface area contributed by atoms with E-state index in [0.717, 1.165) is 180 Å². The van der Waals surface area contributed by atoms with Crippen molar-refractivity contribution in [2.45, 2.75) is 95.9 Å². The molecule has 0 saturated carbocycles. The first-order valence-corrected chi connectivity index (χ1v) is 51.6. The maximum Gasteiger partial charge on any atom is 0.147 e. The molecule has 716 valence electrons. The summed E-state index contributed by atoms with van der Waals surface area (Å²) >= 11 is 0. The molecule has 0 aromatic heterocycles. The Kier molecular flexibility index (Phi) is 25.1. The molecule has 0 unspecified atom stereocenters. The molecule has 6 heteroatoms. The van der Waals surface area contributed by atoms with Crippen LogP contribution in [-0.2, 0) is 12.8 Å². The number of benzene rings is 24. The molecule has 0 aliphatic carbocycles. The van der Waals surface area contributed by atoms with Gasteiger partial charge in [-0.15, -0.1) is 0 Å². The Bertz CT molecular complexity index is 8420. The second-order valence-electron chi connectivity index (χ2n) is 40.4. The molecule has 24 aromatic rings. The number of para-hydroxylation sites is 2. The van der Waals surface area contributed by atoms with Gasteiger partial charge in [-0.2, -0.15) is 0 Å². The van der Waals surface area contributed by atoms with E-state index in [0.29, 0.717) is 11.4 Å². The normalized spacial score (nSPS) is 11.5. The standard InChI is InChI=1S/C72H60N2.C70H54F2N2/c1-7-51-21-29-63(30-22-51)73(65-43-59(55-17-9-13-47(3)37-55)41-60(44-65)56-18-10-14-48(4)38-56)69-35-27-53-26-34-68-70(36-28-54-25-33-67(69)71(53)72(54)68)74(64-31-23-52(8-2)24-32-64)66-45-61(57-19-11-15-49(5)39-57)42-62(46-66)58-20-12-16-50(6)40-58;1-43-13-7-19-51(33-43)55-37-56(52-20-8-14-44(2)34-52)40-59(39-55)73(69-47(5)17-11-23-63(69)71)65-31-27-49-26-30-62-66(32-28-50-25-29-61(65)67(49)68(50)62)74(70-48(6)18-12-24-64(70)72)60-41-57(53-21-9-15-45(3)35-53)38-58(42-60)54-22-10-16-46(4)36-54/h9-46H,7-8H2,1-6H3;7-42H,1-6H3. The van der Waals surface area contributed by atoms with Crippen LogP contribution < -0.4 is 19.6 Å². The Morgan fingerprint density at radius 3 is 0.568 bits per heavy atom. The van der Waals surface area contributed by atoms with Gasteiger partial charge < -0.3 is 19.6 Å². The predicted molar refractivity (Wildman–Crippen MR) is 629 cm³/mol.